The number of hydrogen-bond donors (Lipinski definition) is 2. The molecule has 88 valence electrons. The van der Waals surface area contributed by atoms with Gasteiger partial charge in [-0.3, -0.25) is 9.48 Å². The predicted molar refractivity (Wildman–Crippen MR) is 58.8 cm³/mol. The van der Waals surface area contributed by atoms with Crippen LogP contribution < -0.4 is 11.1 Å². The molecule has 0 bridgehead atoms. The number of rotatable bonds is 3. The molecule has 2 rings (SSSR count). The summed E-state index contributed by atoms with van der Waals surface area (Å²) in [7, 11) is 1.80. The van der Waals surface area contributed by atoms with E-state index >= 15 is 0 Å². The molecule has 1 aliphatic rings. The van der Waals surface area contributed by atoms with Crippen molar-refractivity contribution in [3.8, 4) is 0 Å². The van der Waals surface area contributed by atoms with Crippen molar-refractivity contribution < 1.29 is 9.53 Å². The highest BCUT2D eigenvalue weighted by Gasteiger charge is 2.30. The zero-order valence-electron chi connectivity index (χ0n) is 9.22. The summed E-state index contributed by atoms with van der Waals surface area (Å²) in [5.74, 6) is 0.405. The average molecular weight is 224 g/mol. The van der Waals surface area contributed by atoms with Crippen LogP contribution in [-0.2, 0) is 16.6 Å². The summed E-state index contributed by atoms with van der Waals surface area (Å²) in [6, 6.07) is 1.74. The summed E-state index contributed by atoms with van der Waals surface area (Å²) in [5, 5.41) is 6.78. The van der Waals surface area contributed by atoms with Gasteiger partial charge in [0.1, 0.15) is 6.10 Å². The van der Waals surface area contributed by atoms with Gasteiger partial charge in [-0.2, -0.15) is 5.10 Å². The van der Waals surface area contributed by atoms with E-state index in [1.54, 1.807) is 24.0 Å². The van der Waals surface area contributed by atoms with Crippen LogP contribution in [0.3, 0.4) is 0 Å². The largest absolute Gasteiger partial charge is 0.364 e. The molecule has 0 saturated carbocycles. The van der Waals surface area contributed by atoms with E-state index < -0.39 is 6.10 Å². The molecule has 1 amide bonds. The minimum atomic E-state index is -0.393. The van der Waals surface area contributed by atoms with Gasteiger partial charge < -0.3 is 15.8 Å². The van der Waals surface area contributed by atoms with Gasteiger partial charge in [-0.25, -0.2) is 0 Å². The first-order valence-corrected chi connectivity index (χ1v) is 5.35. The van der Waals surface area contributed by atoms with E-state index in [0.717, 1.165) is 12.8 Å². The van der Waals surface area contributed by atoms with Gasteiger partial charge in [0.25, 0.3) is 5.91 Å². The fourth-order valence-electron chi connectivity index (χ4n) is 1.76. The van der Waals surface area contributed by atoms with E-state index in [9.17, 15) is 4.79 Å². The summed E-state index contributed by atoms with van der Waals surface area (Å²) in [5.41, 5.74) is 5.48. The van der Waals surface area contributed by atoms with Crippen LogP contribution >= 0.6 is 0 Å². The number of hydrogen-bond acceptors (Lipinski definition) is 4. The highest BCUT2D eigenvalue weighted by Crippen LogP contribution is 2.19. The van der Waals surface area contributed by atoms with E-state index in [1.807, 2.05) is 0 Å². The second-order valence-corrected chi connectivity index (χ2v) is 3.92. The van der Waals surface area contributed by atoms with Crippen LogP contribution in [0.4, 0.5) is 5.82 Å². The third kappa shape index (κ3) is 2.40. The third-order valence-electron chi connectivity index (χ3n) is 2.63. The number of nitrogens with two attached hydrogens (primary N) is 1. The SMILES string of the molecule is Cn1ccc(NC(=O)C2CCC(CN)O2)n1. The predicted octanol–water partition coefficient (Wildman–Crippen LogP) is -0.135. The highest BCUT2D eigenvalue weighted by molar-refractivity contribution is 5.93. The normalized spacial score (nSPS) is 24.6. The van der Waals surface area contributed by atoms with Crippen molar-refractivity contribution in [2.75, 3.05) is 11.9 Å². The highest BCUT2D eigenvalue weighted by atomic mass is 16.5. The minimum absolute atomic E-state index is 0.0134. The Morgan fingerprint density at radius 1 is 1.75 bits per heavy atom. The Morgan fingerprint density at radius 3 is 3.12 bits per heavy atom. The van der Waals surface area contributed by atoms with Gasteiger partial charge in [-0.1, -0.05) is 0 Å². The molecule has 1 saturated heterocycles. The van der Waals surface area contributed by atoms with Crippen molar-refractivity contribution in [2.45, 2.75) is 25.0 Å². The lowest BCUT2D eigenvalue weighted by atomic mass is 10.2. The summed E-state index contributed by atoms with van der Waals surface area (Å²) in [6.45, 7) is 0.466. The molecule has 1 fully saturated rings. The molecule has 6 nitrogen and oxygen atoms in total. The molecule has 6 heteroatoms. The van der Waals surface area contributed by atoms with Gasteiger partial charge in [0.15, 0.2) is 5.82 Å². The number of nitrogens with zero attached hydrogens (tertiary/aromatic N) is 2. The Kier molecular flexibility index (Phi) is 3.21. The van der Waals surface area contributed by atoms with Crippen LogP contribution in [-0.4, -0.2) is 34.4 Å². The maximum Gasteiger partial charge on any atom is 0.254 e. The van der Waals surface area contributed by atoms with Crippen molar-refractivity contribution in [1.82, 2.24) is 9.78 Å². The molecule has 0 spiro atoms. The molecule has 2 unspecified atom stereocenters. The smallest absolute Gasteiger partial charge is 0.254 e. The quantitative estimate of drug-likeness (QED) is 0.749. The first kappa shape index (κ1) is 11.1. The molecule has 1 aromatic rings. The van der Waals surface area contributed by atoms with Gasteiger partial charge >= 0.3 is 0 Å². The summed E-state index contributed by atoms with van der Waals surface area (Å²) in [4.78, 5) is 11.8. The van der Waals surface area contributed by atoms with Gasteiger partial charge in [0.05, 0.1) is 6.10 Å². The topological polar surface area (TPSA) is 82.2 Å². The second-order valence-electron chi connectivity index (χ2n) is 3.92. The van der Waals surface area contributed by atoms with Crippen molar-refractivity contribution in [3.63, 3.8) is 0 Å². The zero-order chi connectivity index (χ0) is 11.5. The minimum Gasteiger partial charge on any atom is -0.364 e. The number of carbonyl (C=O) groups is 1. The van der Waals surface area contributed by atoms with Gasteiger partial charge in [-0.05, 0) is 12.8 Å². The van der Waals surface area contributed by atoms with E-state index in [-0.39, 0.29) is 12.0 Å². The fraction of sp³-hybridized carbons (Fsp3) is 0.600. The van der Waals surface area contributed by atoms with Crippen molar-refractivity contribution >= 4 is 11.7 Å². The molecular weight excluding hydrogens is 208 g/mol. The second kappa shape index (κ2) is 4.63. The number of aromatic nitrogens is 2. The lowest BCUT2D eigenvalue weighted by Crippen LogP contribution is -2.29. The fourth-order valence-corrected chi connectivity index (χ4v) is 1.76. The first-order chi connectivity index (χ1) is 7.69. The maximum absolute atomic E-state index is 11.8. The number of amides is 1. The molecule has 1 aliphatic heterocycles. The van der Waals surface area contributed by atoms with E-state index in [1.165, 1.54) is 0 Å². The Hall–Kier alpha value is -1.40. The zero-order valence-corrected chi connectivity index (χ0v) is 9.22. The van der Waals surface area contributed by atoms with Crippen LogP contribution in [0.5, 0.6) is 0 Å². The molecule has 1 aromatic heterocycles. The molecule has 0 radical (unpaired) electrons. The van der Waals surface area contributed by atoms with Gasteiger partial charge in [0, 0.05) is 25.9 Å². The molecule has 0 aliphatic carbocycles. The van der Waals surface area contributed by atoms with E-state index in [0.29, 0.717) is 12.4 Å². The van der Waals surface area contributed by atoms with Crippen LogP contribution in [0.25, 0.3) is 0 Å². The number of anilines is 1. The number of nitrogens with one attached hydrogen (secondary N) is 1. The summed E-state index contributed by atoms with van der Waals surface area (Å²) in [6.07, 6.45) is 2.96. The molecule has 3 N–H and O–H groups in total. The Balaban J connectivity index is 1.89. The third-order valence-corrected chi connectivity index (χ3v) is 2.63. The van der Waals surface area contributed by atoms with Crippen LogP contribution in [0.2, 0.25) is 0 Å². The molecule has 16 heavy (non-hydrogen) atoms. The van der Waals surface area contributed by atoms with E-state index in [4.69, 9.17) is 10.5 Å². The van der Waals surface area contributed by atoms with Crippen molar-refractivity contribution in [3.05, 3.63) is 12.3 Å². The monoisotopic (exact) mass is 224 g/mol. The maximum atomic E-state index is 11.8. The molecule has 2 atom stereocenters. The molecule has 2 heterocycles. The lowest BCUT2D eigenvalue weighted by Gasteiger charge is -2.11. The average Bonchev–Trinajstić information content (AvgIpc) is 2.87. The Labute approximate surface area is 93.8 Å². The lowest BCUT2D eigenvalue weighted by molar-refractivity contribution is -0.126. The Morgan fingerprint density at radius 2 is 2.56 bits per heavy atom. The molecular formula is C10H16N4O2. The Bertz CT molecular complexity index is 377. The van der Waals surface area contributed by atoms with Crippen LogP contribution in [0.15, 0.2) is 12.3 Å². The number of aryl methyl sites for hydroxylation is 1. The number of ether oxygens (including phenoxy) is 1. The van der Waals surface area contributed by atoms with Crippen LogP contribution in [0.1, 0.15) is 12.8 Å². The van der Waals surface area contributed by atoms with Gasteiger partial charge in [0.2, 0.25) is 0 Å². The first-order valence-electron chi connectivity index (χ1n) is 5.35. The van der Waals surface area contributed by atoms with Gasteiger partial charge in [-0.15, -0.1) is 0 Å². The number of carbonyl (C=O) groups excluding carboxylic acids is 1. The van der Waals surface area contributed by atoms with Crippen molar-refractivity contribution in [1.29, 1.82) is 0 Å². The van der Waals surface area contributed by atoms with Crippen LogP contribution in [0, 0.1) is 0 Å². The summed E-state index contributed by atoms with van der Waals surface area (Å²) >= 11 is 0. The van der Waals surface area contributed by atoms with E-state index in [2.05, 4.69) is 10.4 Å². The molecule has 0 aromatic carbocycles. The van der Waals surface area contributed by atoms with Crippen molar-refractivity contribution in [2.24, 2.45) is 12.8 Å². The standard InChI is InChI=1S/C10H16N4O2/c1-14-5-4-9(13-14)12-10(15)8-3-2-7(6-11)16-8/h4-5,7-8H,2-3,6,11H2,1H3,(H,12,13,15). The summed E-state index contributed by atoms with van der Waals surface area (Å²) < 4.78 is 7.11.